The standard InChI is InChI=1S/C4H5N3O2.Na.H/c5-2-1-3(8)7-4(9)6-2;;/h1H,(H4,5,6,7,8,9);;. The molecule has 1 aromatic rings. The molecule has 0 saturated heterocycles. The first-order valence-corrected chi connectivity index (χ1v) is 2.21. The van der Waals surface area contributed by atoms with E-state index in [2.05, 4.69) is 9.97 Å². The van der Waals surface area contributed by atoms with Crippen LogP contribution >= 0.6 is 0 Å². The molecular weight excluding hydrogens is 145 g/mol. The molecule has 0 unspecified atom stereocenters. The molecule has 0 amide bonds. The van der Waals surface area contributed by atoms with E-state index in [1.54, 1.807) is 0 Å². The zero-order valence-electron chi connectivity index (χ0n) is 4.44. The van der Waals surface area contributed by atoms with Crippen molar-refractivity contribution >= 4 is 35.4 Å². The first-order valence-electron chi connectivity index (χ1n) is 2.21. The van der Waals surface area contributed by atoms with Crippen molar-refractivity contribution in [1.82, 2.24) is 9.97 Å². The van der Waals surface area contributed by atoms with E-state index in [1.807, 2.05) is 0 Å². The predicted octanol–water partition coefficient (Wildman–Crippen LogP) is -1.18. The topological polar surface area (TPSA) is 92.3 Å². The summed E-state index contributed by atoms with van der Waals surface area (Å²) in [5.74, 6) is -0.292. The number of rotatable bonds is 0. The van der Waals surface area contributed by atoms with Crippen LogP contribution in [0.4, 0.5) is 5.82 Å². The van der Waals surface area contributed by atoms with E-state index in [-0.39, 0.29) is 41.3 Å². The van der Waals surface area contributed by atoms with Crippen LogP contribution in [0.3, 0.4) is 0 Å². The molecule has 0 aliphatic rings. The summed E-state index contributed by atoms with van der Waals surface area (Å²) in [6.07, 6.45) is 0. The maximum atomic E-state index is 8.60. The van der Waals surface area contributed by atoms with Crippen molar-refractivity contribution < 1.29 is 10.2 Å². The Bertz CT molecular complexity index is 179. The van der Waals surface area contributed by atoms with Crippen molar-refractivity contribution in [2.24, 2.45) is 0 Å². The van der Waals surface area contributed by atoms with E-state index < -0.39 is 6.01 Å². The van der Waals surface area contributed by atoms with Gasteiger partial charge in [0, 0.05) is 6.07 Å². The molecule has 1 aromatic heterocycles. The molecule has 0 fully saturated rings. The molecule has 0 bridgehead atoms. The van der Waals surface area contributed by atoms with Crippen LogP contribution in [0.5, 0.6) is 11.9 Å². The maximum absolute atomic E-state index is 8.60. The van der Waals surface area contributed by atoms with Gasteiger partial charge in [0.25, 0.3) is 0 Å². The molecule has 1 rings (SSSR count). The molecule has 0 atom stereocenters. The quantitative estimate of drug-likeness (QED) is 0.406. The summed E-state index contributed by atoms with van der Waals surface area (Å²) in [5, 5.41) is 17.1. The van der Waals surface area contributed by atoms with E-state index >= 15 is 0 Å². The molecule has 4 N–H and O–H groups in total. The monoisotopic (exact) mass is 151 g/mol. The number of nitrogen functional groups attached to an aromatic ring is 1. The minimum absolute atomic E-state index is 0. The summed E-state index contributed by atoms with van der Waals surface area (Å²) in [6, 6.07) is 0.618. The van der Waals surface area contributed by atoms with Gasteiger partial charge < -0.3 is 15.9 Å². The van der Waals surface area contributed by atoms with E-state index in [0.29, 0.717) is 0 Å². The van der Waals surface area contributed by atoms with Crippen LogP contribution in [-0.2, 0) is 0 Å². The van der Waals surface area contributed by atoms with Gasteiger partial charge in [-0.15, -0.1) is 0 Å². The van der Waals surface area contributed by atoms with Crippen molar-refractivity contribution in [2.45, 2.75) is 0 Å². The average molecular weight is 151 g/mol. The zero-order valence-corrected chi connectivity index (χ0v) is 4.44. The Morgan fingerprint density at radius 3 is 2.30 bits per heavy atom. The number of aromatic nitrogens is 2. The van der Waals surface area contributed by atoms with Crippen LogP contribution in [0.15, 0.2) is 6.07 Å². The third kappa shape index (κ3) is 2.38. The van der Waals surface area contributed by atoms with Crippen molar-refractivity contribution in [3.05, 3.63) is 6.07 Å². The van der Waals surface area contributed by atoms with Gasteiger partial charge in [0.15, 0.2) is 0 Å². The van der Waals surface area contributed by atoms with E-state index in [9.17, 15) is 0 Å². The van der Waals surface area contributed by atoms with Crippen molar-refractivity contribution in [1.29, 1.82) is 0 Å². The number of hydrogen-bond acceptors (Lipinski definition) is 5. The van der Waals surface area contributed by atoms with Crippen LogP contribution in [-0.4, -0.2) is 49.7 Å². The van der Waals surface area contributed by atoms with Crippen LogP contribution in [0.25, 0.3) is 0 Å². The van der Waals surface area contributed by atoms with Gasteiger partial charge in [-0.3, -0.25) is 0 Å². The van der Waals surface area contributed by atoms with Gasteiger partial charge in [0.05, 0.1) is 0 Å². The number of aromatic hydroxyl groups is 2. The second-order valence-electron chi connectivity index (χ2n) is 1.45. The fraction of sp³-hybridized carbons (Fsp3) is 0. The molecule has 0 spiro atoms. The van der Waals surface area contributed by atoms with Gasteiger partial charge in [-0.05, 0) is 0 Å². The van der Waals surface area contributed by atoms with Gasteiger partial charge in [0.2, 0.25) is 5.88 Å². The Kier molecular flexibility index (Phi) is 3.41. The van der Waals surface area contributed by atoms with Gasteiger partial charge in [0.1, 0.15) is 5.82 Å². The molecule has 6 heteroatoms. The molecule has 0 aromatic carbocycles. The third-order valence-electron chi connectivity index (χ3n) is 0.721. The van der Waals surface area contributed by atoms with Crippen LogP contribution < -0.4 is 5.73 Å². The normalized spacial score (nSPS) is 8.40. The van der Waals surface area contributed by atoms with Crippen LogP contribution in [0.2, 0.25) is 0 Å². The Labute approximate surface area is 79.2 Å². The van der Waals surface area contributed by atoms with Gasteiger partial charge in [-0.2, -0.15) is 9.97 Å². The molecule has 0 aliphatic carbocycles. The Morgan fingerprint density at radius 2 is 1.90 bits per heavy atom. The van der Waals surface area contributed by atoms with Crippen LogP contribution in [0.1, 0.15) is 0 Å². The molecular formula is C4H6N3NaO2. The van der Waals surface area contributed by atoms with Crippen molar-refractivity contribution in [2.75, 3.05) is 5.73 Å². The minimum atomic E-state index is -0.521. The molecule has 5 nitrogen and oxygen atoms in total. The zero-order chi connectivity index (χ0) is 6.85. The first kappa shape index (κ1) is 9.48. The van der Waals surface area contributed by atoms with E-state index in [4.69, 9.17) is 15.9 Å². The van der Waals surface area contributed by atoms with Gasteiger partial charge in [-0.25, -0.2) is 0 Å². The van der Waals surface area contributed by atoms with Gasteiger partial charge >= 0.3 is 35.6 Å². The molecule has 10 heavy (non-hydrogen) atoms. The number of hydrogen-bond donors (Lipinski definition) is 3. The summed E-state index contributed by atoms with van der Waals surface area (Å²) >= 11 is 0. The summed E-state index contributed by atoms with van der Waals surface area (Å²) in [4.78, 5) is 6.45. The number of nitrogens with zero attached hydrogens (tertiary/aromatic N) is 2. The summed E-state index contributed by atoms with van der Waals surface area (Å²) in [7, 11) is 0. The van der Waals surface area contributed by atoms with Crippen LogP contribution in [0, 0.1) is 0 Å². The first-order chi connectivity index (χ1) is 4.18. The fourth-order valence-corrected chi connectivity index (χ4v) is 0.440. The number of nitrogens with two attached hydrogens (primary N) is 1. The van der Waals surface area contributed by atoms with E-state index in [0.717, 1.165) is 6.07 Å². The molecule has 1 heterocycles. The summed E-state index contributed by atoms with van der Waals surface area (Å²) < 4.78 is 0. The molecule has 0 aliphatic heterocycles. The molecule has 50 valence electrons. The Hall–Kier alpha value is -0.520. The SMILES string of the molecule is Nc1cc(O)nc(O)n1.[NaH]. The van der Waals surface area contributed by atoms with Crippen molar-refractivity contribution in [3.63, 3.8) is 0 Å². The number of anilines is 1. The average Bonchev–Trinajstić information content (AvgIpc) is 1.59. The Balaban J connectivity index is 0.000000810. The van der Waals surface area contributed by atoms with Gasteiger partial charge in [-0.1, -0.05) is 0 Å². The Morgan fingerprint density at radius 1 is 1.30 bits per heavy atom. The van der Waals surface area contributed by atoms with Crippen molar-refractivity contribution in [3.8, 4) is 11.9 Å². The summed E-state index contributed by atoms with van der Waals surface area (Å²) in [6.45, 7) is 0. The predicted molar refractivity (Wildman–Crippen MR) is 36.9 cm³/mol. The second kappa shape index (κ2) is 3.60. The molecule has 0 saturated carbocycles. The second-order valence-corrected chi connectivity index (χ2v) is 1.45. The molecule has 0 radical (unpaired) electrons. The van der Waals surface area contributed by atoms with E-state index in [1.165, 1.54) is 0 Å². The fourth-order valence-electron chi connectivity index (χ4n) is 0.440. The third-order valence-corrected chi connectivity index (χ3v) is 0.721. The summed E-state index contributed by atoms with van der Waals surface area (Å²) in [5.41, 5.74) is 5.09.